The van der Waals surface area contributed by atoms with Gasteiger partial charge in [0.2, 0.25) is 0 Å². The third kappa shape index (κ3) is 6.72. The van der Waals surface area contributed by atoms with Crippen LogP contribution in [0.15, 0.2) is 97.9 Å². The van der Waals surface area contributed by atoms with Crippen molar-refractivity contribution in [1.29, 1.82) is 0 Å². The Labute approximate surface area is 286 Å². The van der Waals surface area contributed by atoms with Crippen LogP contribution in [-0.4, -0.2) is 42.4 Å². The first kappa shape index (κ1) is 32.6. The second-order valence-corrected chi connectivity index (χ2v) is 11.6. The van der Waals surface area contributed by atoms with E-state index in [0.29, 0.717) is 43.8 Å². The van der Waals surface area contributed by atoms with E-state index in [4.69, 9.17) is 43.4 Å². The molecule has 0 aliphatic carbocycles. The first-order chi connectivity index (χ1) is 23.2. The molecule has 4 heterocycles. The Morgan fingerprint density at radius 1 is 1.04 bits per heavy atom. The summed E-state index contributed by atoms with van der Waals surface area (Å²) in [7, 11) is 0. The molecule has 48 heavy (non-hydrogen) atoms. The standard InChI is InChI=1S/C36H30Cl2N6O4/c1-3-47-36(46)27-12-9-23(19-41-27)10-14-31(45)34(39)29-7-5-16-44(29)28-13-11-26(37)25(33(28)38)20-48-32-8-4-6-24-30(43-17-15-40-21-43)18-22(2)42-35(24)32/h4-19,21,34H,3,20,39H2,1-2H3/b14-10+. The number of hydrogen-bond acceptors (Lipinski definition) is 8. The number of nitrogens with two attached hydrogens (primary N) is 1. The lowest BCUT2D eigenvalue weighted by Gasteiger charge is -2.18. The maximum absolute atomic E-state index is 13.1. The molecule has 12 heteroatoms. The quantitative estimate of drug-likeness (QED) is 0.112. The van der Waals surface area contributed by atoms with Gasteiger partial charge in [-0.15, -0.1) is 0 Å². The number of esters is 1. The number of pyridine rings is 2. The van der Waals surface area contributed by atoms with E-state index in [0.717, 1.165) is 16.8 Å². The lowest BCUT2D eigenvalue weighted by molar-refractivity contribution is -0.115. The average Bonchev–Trinajstić information content (AvgIpc) is 3.80. The van der Waals surface area contributed by atoms with Crippen LogP contribution in [0.5, 0.6) is 5.75 Å². The fraction of sp³-hybridized carbons (Fsp3) is 0.139. The van der Waals surface area contributed by atoms with Crippen LogP contribution in [0.2, 0.25) is 10.0 Å². The van der Waals surface area contributed by atoms with Gasteiger partial charge in [-0.05, 0) is 74.0 Å². The lowest BCUT2D eigenvalue weighted by Crippen LogP contribution is -2.22. The van der Waals surface area contributed by atoms with Crippen molar-refractivity contribution in [2.24, 2.45) is 5.73 Å². The average molecular weight is 682 g/mol. The van der Waals surface area contributed by atoms with Crippen LogP contribution in [0.3, 0.4) is 0 Å². The number of imidazole rings is 1. The fourth-order valence-electron chi connectivity index (χ4n) is 5.24. The summed E-state index contributed by atoms with van der Waals surface area (Å²) in [6.45, 7) is 3.97. The number of carbonyl (C=O) groups is 2. The highest BCUT2D eigenvalue weighted by molar-refractivity contribution is 6.37. The van der Waals surface area contributed by atoms with Crippen molar-refractivity contribution < 1.29 is 19.1 Å². The summed E-state index contributed by atoms with van der Waals surface area (Å²) in [6, 6.07) is 17.0. The Morgan fingerprint density at radius 3 is 2.65 bits per heavy atom. The van der Waals surface area contributed by atoms with Crippen molar-refractivity contribution in [1.82, 2.24) is 24.1 Å². The molecule has 0 aliphatic rings. The molecule has 1 unspecified atom stereocenters. The van der Waals surface area contributed by atoms with Gasteiger partial charge in [0, 0.05) is 52.1 Å². The second-order valence-electron chi connectivity index (χ2n) is 10.8. The molecule has 0 spiro atoms. The van der Waals surface area contributed by atoms with Crippen LogP contribution in [0, 0.1) is 6.92 Å². The Bertz CT molecular complexity index is 2140. The monoisotopic (exact) mass is 680 g/mol. The van der Waals surface area contributed by atoms with Crippen molar-refractivity contribution in [3.05, 3.63) is 136 Å². The van der Waals surface area contributed by atoms with Gasteiger partial charge < -0.3 is 24.3 Å². The number of fused-ring (bicyclic) bond motifs is 1. The minimum absolute atomic E-state index is 0.0635. The summed E-state index contributed by atoms with van der Waals surface area (Å²) >= 11 is 13.6. The summed E-state index contributed by atoms with van der Waals surface area (Å²) in [6.07, 6.45) is 11.6. The molecule has 6 aromatic rings. The highest BCUT2D eigenvalue weighted by atomic mass is 35.5. The number of rotatable bonds is 11. The highest BCUT2D eigenvalue weighted by Crippen LogP contribution is 2.35. The summed E-state index contributed by atoms with van der Waals surface area (Å²) < 4.78 is 14.9. The van der Waals surface area contributed by atoms with E-state index in [1.165, 1.54) is 18.3 Å². The molecular weight excluding hydrogens is 651 g/mol. The van der Waals surface area contributed by atoms with Gasteiger partial charge in [-0.1, -0.05) is 41.4 Å². The zero-order chi connectivity index (χ0) is 33.8. The molecule has 0 fully saturated rings. The Hall–Kier alpha value is -5.29. The van der Waals surface area contributed by atoms with E-state index in [9.17, 15) is 9.59 Å². The van der Waals surface area contributed by atoms with Crippen molar-refractivity contribution in [3.8, 4) is 17.1 Å². The number of hydrogen-bond donors (Lipinski definition) is 1. The van der Waals surface area contributed by atoms with Crippen molar-refractivity contribution in [3.63, 3.8) is 0 Å². The lowest BCUT2D eigenvalue weighted by atomic mass is 10.1. The van der Waals surface area contributed by atoms with E-state index in [2.05, 4.69) is 9.97 Å². The Balaban J connectivity index is 1.23. The van der Waals surface area contributed by atoms with Gasteiger partial charge in [-0.3, -0.25) is 4.79 Å². The van der Waals surface area contributed by atoms with Crippen LogP contribution in [0.4, 0.5) is 0 Å². The number of aromatic nitrogens is 5. The van der Waals surface area contributed by atoms with E-state index in [1.807, 2.05) is 42.0 Å². The number of para-hydroxylation sites is 1. The first-order valence-corrected chi connectivity index (χ1v) is 15.8. The predicted molar refractivity (Wildman–Crippen MR) is 185 cm³/mol. The number of ether oxygens (including phenoxy) is 2. The van der Waals surface area contributed by atoms with Gasteiger partial charge >= 0.3 is 5.97 Å². The normalized spacial score (nSPS) is 12.0. The van der Waals surface area contributed by atoms with E-state index in [-0.39, 0.29) is 24.7 Å². The van der Waals surface area contributed by atoms with Gasteiger partial charge in [-0.25, -0.2) is 19.7 Å². The number of aryl methyl sites for hydroxylation is 1. The van der Waals surface area contributed by atoms with E-state index in [1.54, 1.807) is 66.6 Å². The fourth-order valence-corrected chi connectivity index (χ4v) is 5.81. The zero-order valence-corrected chi connectivity index (χ0v) is 27.5. The summed E-state index contributed by atoms with van der Waals surface area (Å²) in [5.41, 5.74) is 11.4. The number of ketones is 1. The van der Waals surface area contributed by atoms with Crippen molar-refractivity contribution in [2.45, 2.75) is 26.5 Å². The van der Waals surface area contributed by atoms with Crippen LogP contribution >= 0.6 is 23.2 Å². The smallest absolute Gasteiger partial charge is 0.356 e. The van der Waals surface area contributed by atoms with Gasteiger partial charge in [0.05, 0.1) is 29.3 Å². The molecule has 1 atom stereocenters. The van der Waals surface area contributed by atoms with Crippen molar-refractivity contribution in [2.75, 3.05) is 6.61 Å². The molecule has 242 valence electrons. The first-order valence-electron chi connectivity index (χ1n) is 15.0. The minimum Gasteiger partial charge on any atom is -0.487 e. The summed E-state index contributed by atoms with van der Waals surface area (Å²) in [5, 5.41) is 1.68. The van der Waals surface area contributed by atoms with Gasteiger partial charge in [0.15, 0.2) is 5.78 Å². The molecule has 0 bridgehead atoms. The SMILES string of the molecule is CCOC(=O)c1ccc(/C=C/C(=O)C(N)c2cccn2-c2ccc(Cl)c(COc3cccc4c(-n5ccnc5)cc(C)nc34)c2Cl)cn1. The third-order valence-electron chi connectivity index (χ3n) is 7.60. The molecule has 0 saturated heterocycles. The zero-order valence-electron chi connectivity index (χ0n) is 26.0. The maximum atomic E-state index is 13.1. The molecule has 0 amide bonds. The predicted octanol–water partition coefficient (Wildman–Crippen LogP) is 7.26. The molecule has 0 saturated carbocycles. The number of carbonyl (C=O) groups excluding carboxylic acids is 2. The Morgan fingerprint density at radius 2 is 1.90 bits per heavy atom. The maximum Gasteiger partial charge on any atom is 0.356 e. The molecule has 2 N–H and O–H groups in total. The minimum atomic E-state index is -0.996. The summed E-state index contributed by atoms with van der Waals surface area (Å²) in [4.78, 5) is 38.0. The third-order valence-corrected chi connectivity index (χ3v) is 8.38. The molecule has 4 aromatic heterocycles. The van der Waals surface area contributed by atoms with Crippen LogP contribution in [0.25, 0.3) is 28.4 Å². The van der Waals surface area contributed by atoms with Crippen molar-refractivity contribution >= 4 is 51.9 Å². The van der Waals surface area contributed by atoms with E-state index >= 15 is 0 Å². The van der Waals surface area contributed by atoms with Crippen LogP contribution in [-0.2, 0) is 16.1 Å². The number of benzene rings is 2. The molecule has 10 nitrogen and oxygen atoms in total. The van der Waals surface area contributed by atoms with Crippen LogP contribution in [0.1, 0.15) is 46.0 Å². The molecule has 2 aromatic carbocycles. The van der Waals surface area contributed by atoms with Gasteiger partial charge in [0.25, 0.3) is 0 Å². The van der Waals surface area contributed by atoms with Gasteiger partial charge in [-0.2, -0.15) is 0 Å². The number of halogens is 2. The molecule has 0 radical (unpaired) electrons. The largest absolute Gasteiger partial charge is 0.487 e. The Kier molecular flexibility index (Phi) is 9.67. The summed E-state index contributed by atoms with van der Waals surface area (Å²) in [5.74, 6) is -0.280. The highest BCUT2D eigenvalue weighted by Gasteiger charge is 2.21. The second kappa shape index (κ2) is 14.2. The molecular formula is C36H30Cl2N6O4. The molecule has 6 rings (SSSR count). The van der Waals surface area contributed by atoms with Gasteiger partial charge in [0.1, 0.15) is 29.6 Å². The molecule has 0 aliphatic heterocycles. The topological polar surface area (TPSA) is 127 Å². The number of nitrogens with zero attached hydrogens (tertiary/aromatic N) is 5. The van der Waals surface area contributed by atoms with E-state index < -0.39 is 12.0 Å². The van der Waals surface area contributed by atoms with Crippen LogP contribution < -0.4 is 10.5 Å².